The van der Waals surface area contributed by atoms with Crippen LogP contribution in [0.15, 0.2) is 473 Å². The van der Waals surface area contributed by atoms with E-state index < -0.39 is 0 Å². The van der Waals surface area contributed by atoms with Crippen molar-refractivity contribution < 1.29 is 0 Å². The summed E-state index contributed by atoms with van der Waals surface area (Å²) in [5.41, 5.74) is 31.9. The quantitative estimate of drug-likeness (QED) is 0.145. The Morgan fingerprint density at radius 1 is 0.108 bits per heavy atom. The van der Waals surface area contributed by atoms with Crippen molar-refractivity contribution in [2.75, 3.05) is 0 Å². The summed E-state index contributed by atoms with van der Waals surface area (Å²) in [5, 5.41) is 20.6. The zero-order chi connectivity index (χ0) is 86.0. The molecule has 8 aromatic heterocycles. The number of fused-ring (bicyclic) bond motifs is 24. The van der Waals surface area contributed by atoms with Crippen LogP contribution in [0.3, 0.4) is 0 Å². The Kier molecular flexibility index (Phi) is 17.9. The number of aromatic nitrogens is 8. The Labute approximate surface area is 749 Å². The molecule has 8 heterocycles. The zero-order valence-corrected chi connectivity index (χ0v) is 71.6. The molecule has 0 saturated heterocycles. The molecule has 0 aliphatic heterocycles. The molecule has 612 valence electrons. The normalized spacial score (nSPS) is 11.8. The average Bonchev–Trinajstić information content (AvgIpc) is 1.61. The van der Waals surface area contributed by atoms with Gasteiger partial charge in [0.15, 0.2) is 0 Å². The predicted octanol–water partition coefficient (Wildman–Crippen LogP) is 32.0. The average molecular weight is 1660 g/mol. The van der Waals surface area contributed by atoms with Gasteiger partial charge in [0.1, 0.15) is 0 Å². The van der Waals surface area contributed by atoms with E-state index in [0.717, 1.165) is 0 Å². The predicted molar refractivity (Wildman–Crippen MR) is 551 cm³/mol. The lowest BCUT2D eigenvalue weighted by Crippen LogP contribution is -1.95. The summed E-state index contributed by atoms with van der Waals surface area (Å²) in [5.74, 6) is 0. The highest BCUT2D eigenvalue weighted by atomic mass is 15.0. The third kappa shape index (κ3) is 12.2. The van der Waals surface area contributed by atoms with Crippen molar-refractivity contribution in [3.63, 3.8) is 0 Å². The number of hydrogen-bond donors (Lipinski definition) is 0. The second-order valence-electron chi connectivity index (χ2n) is 34.0. The van der Waals surface area contributed by atoms with Gasteiger partial charge < -0.3 is 36.5 Å². The standard InChI is InChI=1S/C36H24N2.C31H22N2.C30H20N2.C25H18N2/c1-3-11-27(12-4-1)37-33-17-9-7-15-29(33)31-23-25(19-21-35(31)37)26-20-22-36-32(24-26)30-16-8-10-18-34(30)38(36)28-13-5-2-6-14-28;1-32-28-13-7-5-11-24(28)26-19-21(15-17-29(26)32)22-16-18-31-27(20-22)25-12-6-8-14-30(25)33(31)23-9-3-2-4-10-23;1-2-10-21(11-3-1)31-29-17-9-6-14-25(29)26-20-22(18-19-30(26)31)32-27-15-7-4-12-23(27)24-13-5-8-16-28(24)32;1-26-22-11-5-2-10-20(22)21-16-17(14-15-23(21)26)27-24-12-6-3-8-18(24)19-9-4-7-13-25(19)27/h1-24H;2-20H,1H3;1-20H;2-16H,1H3. The third-order valence-corrected chi connectivity index (χ3v) is 26.9. The van der Waals surface area contributed by atoms with Crippen molar-refractivity contribution in [3.8, 4) is 56.4 Å². The smallest absolute Gasteiger partial charge is 0.0542 e. The molecule has 0 fully saturated rings. The molecule has 0 aliphatic rings. The first kappa shape index (κ1) is 75.3. The molecule has 28 aromatic rings. The molecule has 130 heavy (non-hydrogen) atoms. The number of nitrogens with zero attached hydrogens (tertiary/aromatic N) is 8. The molecule has 0 spiro atoms. The molecule has 28 rings (SSSR count). The van der Waals surface area contributed by atoms with Crippen molar-refractivity contribution in [2.45, 2.75) is 0 Å². The summed E-state index contributed by atoms with van der Waals surface area (Å²) >= 11 is 0. The van der Waals surface area contributed by atoms with Gasteiger partial charge in [0.2, 0.25) is 0 Å². The van der Waals surface area contributed by atoms with Crippen molar-refractivity contribution in [2.24, 2.45) is 14.1 Å². The molecule has 0 unspecified atom stereocenters. The molecule has 20 aromatic carbocycles. The minimum Gasteiger partial charge on any atom is -0.344 e. The second kappa shape index (κ2) is 30.9. The Hall–Kier alpha value is -17.2. The highest BCUT2D eigenvalue weighted by Crippen LogP contribution is 2.44. The maximum atomic E-state index is 2.39. The lowest BCUT2D eigenvalue weighted by Gasteiger charge is -2.10. The molecular weight excluding hydrogens is 1580 g/mol. The first-order valence-electron chi connectivity index (χ1n) is 44.7. The molecule has 8 heteroatoms. The number of hydrogen-bond acceptors (Lipinski definition) is 0. The van der Waals surface area contributed by atoms with E-state index in [9.17, 15) is 0 Å². The van der Waals surface area contributed by atoms with Gasteiger partial charge in [-0.15, -0.1) is 0 Å². The Morgan fingerprint density at radius 2 is 0.254 bits per heavy atom. The SMILES string of the molecule is Cn1c2ccccc2c2cc(-c3ccc4c(c3)c3ccccc3n4-c3ccccc3)ccc21.Cn1c2ccccc2c2cc(-n3c4ccccc4c4ccccc43)ccc21.c1ccc(-n2c3ccccc3c3cc(-c4ccc5c(c4)c4ccccc4n5-c4ccccc4)ccc32)cc1.c1ccc(-n2c3ccccc3c3cc(-n4c5ccccc5c5ccccc54)ccc32)cc1. The van der Waals surface area contributed by atoms with Gasteiger partial charge in [-0.25, -0.2) is 0 Å². The van der Waals surface area contributed by atoms with Crippen LogP contribution in [0.5, 0.6) is 0 Å². The third-order valence-electron chi connectivity index (χ3n) is 26.9. The van der Waals surface area contributed by atoms with E-state index in [1.54, 1.807) is 0 Å². The van der Waals surface area contributed by atoms with E-state index in [4.69, 9.17) is 0 Å². The van der Waals surface area contributed by atoms with Gasteiger partial charge in [-0.1, -0.05) is 279 Å². The van der Waals surface area contributed by atoms with Gasteiger partial charge in [0.25, 0.3) is 0 Å². The highest BCUT2D eigenvalue weighted by molar-refractivity contribution is 6.18. The molecule has 0 radical (unpaired) electrons. The molecule has 0 saturated carbocycles. The highest BCUT2D eigenvalue weighted by Gasteiger charge is 2.22. The van der Waals surface area contributed by atoms with Crippen LogP contribution >= 0.6 is 0 Å². The van der Waals surface area contributed by atoms with E-state index in [2.05, 4.69) is 524 Å². The summed E-state index contributed by atoms with van der Waals surface area (Å²) in [4.78, 5) is 0. The lowest BCUT2D eigenvalue weighted by atomic mass is 10.0. The fourth-order valence-electron chi connectivity index (χ4n) is 21.0. The Balaban J connectivity index is 0.0000000942. The van der Waals surface area contributed by atoms with Crippen LogP contribution in [-0.2, 0) is 14.1 Å². The Bertz CT molecular complexity index is 9070. The zero-order valence-electron chi connectivity index (χ0n) is 71.6. The maximum Gasteiger partial charge on any atom is 0.0542 e. The van der Waals surface area contributed by atoms with Crippen molar-refractivity contribution >= 4 is 174 Å². The molecule has 0 atom stereocenters. The summed E-state index contributed by atoms with van der Waals surface area (Å²) < 4.78 is 18.8. The van der Waals surface area contributed by atoms with Crippen molar-refractivity contribution in [3.05, 3.63) is 473 Å². The van der Waals surface area contributed by atoms with Gasteiger partial charge in [0.05, 0.1) is 66.2 Å². The van der Waals surface area contributed by atoms with E-state index in [1.807, 2.05) is 0 Å². The van der Waals surface area contributed by atoms with Crippen LogP contribution < -0.4 is 0 Å². The summed E-state index contributed by atoms with van der Waals surface area (Å²) in [6.45, 7) is 0. The van der Waals surface area contributed by atoms with Gasteiger partial charge in [-0.05, 0) is 216 Å². The first-order valence-corrected chi connectivity index (χ1v) is 44.7. The van der Waals surface area contributed by atoms with Crippen molar-refractivity contribution in [1.82, 2.24) is 36.5 Å². The minimum atomic E-state index is 1.18. The summed E-state index contributed by atoms with van der Waals surface area (Å²) in [7, 11) is 4.29. The molecule has 8 nitrogen and oxygen atoms in total. The van der Waals surface area contributed by atoms with Crippen LogP contribution in [0.2, 0.25) is 0 Å². The van der Waals surface area contributed by atoms with Gasteiger partial charge in [0, 0.05) is 156 Å². The van der Waals surface area contributed by atoms with E-state index in [0.29, 0.717) is 0 Å². The van der Waals surface area contributed by atoms with E-state index in [1.165, 1.54) is 231 Å². The molecular formula is C122H84N8. The minimum absolute atomic E-state index is 1.18. The fourth-order valence-corrected chi connectivity index (χ4v) is 21.0. The van der Waals surface area contributed by atoms with E-state index in [-0.39, 0.29) is 0 Å². The summed E-state index contributed by atoms with van der Waals surface area (Å²) in [6.07, 6.45) is 0. The number of aryl methyl sites for hydroxylation is 2. The second-order valence-corrected chi connectivity index (χ2v) is 34.0. The molecule has 0 amide bonds. The van der Waals surface area contributed by atoms with Gasteiger partial charge in [-0.3, -0.25) is 0 Å². The fraction of sp³-hybridized carbons (Fsp3) is 0.0164. The first-order chi connectivity index (χ1) is 64.4. The molecule has 0 bridgehead atoms. The van der Waals surface area contributed by atoms with Crippen LogP contribution in [-0.4, -0.2) is 36.5 Å². The topological polar surface area (TPSA) is 39.4 Å². The van der Waals surface area contributed by atoms with E-state index >= 15 is 0 Å². The van der Waals surface area contributed by atoms with Crippen LogP contribution in [0, 0.1) is 0 Å². The molecule has 0 aliphatic carbocycles. The monoisotopic (exact) mass is 1660 g/mol. The van der Waals surface area contributed by atoms with Crippen LogP contribution in [0.25, 0.3) is 231 Å². The summed E-state index contributed by atoms with van der Waals surface area (Å²) in [6, 6.07) is 170. The van der Waals surface area contributed by atoms with Crippen molar-refractivity contribution in [1.29, 1.82) is 0 Å². The van der Waals surface area contributed by atoms with Gasteiger partial charge in [-0.2, -0.15) is 0 Å². The van der Waals surface area contributed by atoms with Gasteiger partial charge >= 0.3 is 0 Å². The number of rotatable bonds is 8. The maximum absolute atomic E-state index is 2.39. The largest absolute Gasteiger partial charge is 0.344 e. The molecule has 0 N–H and O–H groups in total. The Morgan fingerprint density at radius 3 is 0.508 bits per heavy atom. The number of benzene rings is 20. The number of para-hydroxylation sites is 14. The van der Waals surface area contributed by atoms with Crippen LogP contribution in [0.1, 0.15) is 0 Å². The lowest BCUT2D eigenvalue weighted by molar-refractivity contribution is 1.01. The van der Waals surface area contributed by atoms with Crippen LogP contribution in [0.4, 0.5) is 0 Å².